The van der Waals surface area contributed by atoms with Crippen LogP contribution in [0.5, 0.6) is 0 Å². The van der Waals surface area contributed by atoms with Crippen LogP contribution in [0.25, 0.3) is 0 Å². The van der Waals surface area contributed by atoms with E-state index >= 15 is 0 Å². The van der Waals surface area contributed by atoms with Crippen molar-refractivity contribution in [1.29, 1.82) is 0 Å². The molecule has 2 heteroatoms. The van der Waals surface area contributed by atoms with Gasteiger partial charge in [-0.2, -0.15) is 0 Å². The van der Waals surface area contributed by atoms with Crippen LogP contribution in [0.15, 0.2) is 24.3 Å². The summed E-state index contributed by atoms with van der Waals surface area (Å²) in [5, 5.41) is 3.50. The maximum atomic E-state index is 6.18. The van der Waals surface area contributed by atoms with Gasteiger partial charge >= 0.3 is 0 Å². The number of benzene rings is 1. The molecular formula is C19H31NO. The highest BCUT2D eigenvalue weighted by atomic mass is 16.5. The summed E-state index contributed by atoms with van der Waals surface area (Å²) < 4.78 is 6.18. The Kier molecular flexibility index (Phi) is 5.83. The van der Waals surface area contributed by atoms with Crippen molar-refractivity contribution in [2.75, 3.05) is 0 Å². The summed E-state index contributed by atoms with van der Waals surface area (Å²) in [6.07, 6.45) is 5.44. The van der Waals surface area contributed by atoms with E-state index in [0.29, 0.717) is 17.6 Å². The maximum Gasteiger partial charge on any atom is 0.0723 e. The van der Waals surface area contributed by atoms with E-state index in [1.165, 1.54) is 36.8 Å². The first-order valence-corrected chi connectivity index (χ1v) is 8.38. The third-order valence-corrected chi connectivity index (χ3v) is 4.58. The van der Waals surface area contributed by atoms with E-state index in [-0.39, 0.29) is 0 Å². The van der Waals surface area contributed by atoms with Gasteiger partial charge in [-0.3, -0.25) is 0 Å². The van der Waals surface area contributed by atoms with Gasteiger partial charge < -0.3 is 10.1 Å². The Morgan fingerprint density at radius 2 is 1.76 bits per heavy atom. The van der Waals surface area contributed by atoms with E-state index < -0.39 is 0 Å². The first-order valence-electron chi connectivity index (χ1n) is 8.38. The molecule has 0 atom stereocenters. The van der Waals surface area contributed by atoms with Gasteiger partial charge in [0.25, 0.3) is 0 Å². The van der Waals surface area contributed by atoms with Gasteiger partial charge in [0.1, 0.15) is 0 Å². The van der Waals surface area contributed by atoms with Crippen LogP contribution in [-0.2, 0) is 17.9 Å². The number of hydrogen-bond donors (Lipinski definition) is 1. The molecule has 1 aromatic rings. The van der Waals surface area contributed by atoms with Gasteiger partial charge in [-0.05, 0) is 42.2 Å². The molecule has 21 heavy (non-hydrogen) atoms. The first-order chi connectivity index (χ1) is 9.96. The van der Waals surface area contributed by atoms with Crippen LogP contribution in [0.4, 0.5) is 0 Å². The highest BCUT2D eigenvalue weighted by Crippen LogP contribution is 2.36. The maximum absolute atomic E-state index is 6.18. The van der Waals surface area contributed by atoms with E-state index in [2.05, 4.69) is 57.3 Å². The Hall–Kier alpha value is -0.860. The van der Waals surface area contributed by atoms with Crippen molar-refractivity contribution in [2.24, 2.45) is 5.41 Å². The highest BCUT2D eigenvalue weighted by molar-refractivity contribution is 5.26. The van der Waals surface area contributed by atoms with Crippen molar-refractivity contribution in [2.45, 2.75) is 78.7 Å². The van der Waals surface area contributed by atoms with Crippen LogP contribution in [0.3, 0.4) is 0 Å². The minimum absolute atomic E-state index is 0.448. The molecule has 2 nitrogen and oxygen atoms in total. The van der Waals surface area contributed by atoms with Gasteiger partial charge in [0.2, 0.25) is 0 Å². The van der Waals surface area contributed by atoms with Gasteiger partial charge in [0, 0.05) is 12.6 Å². The lowest BCUT2D eigenvalue weighted by molar-refractivity contribution is -0.00587. The molecule has 1 aliphatic rings. The van der Waals surface area contributed by atoms with Crippen LogP contribution in [-0.4, -0.2) is 12.1 Å². The van der Waals surface area contributed by atoms with Crippen LogP contribution in [0.2, 0.25) is 0 Å². The largest absolute Gasteiger partial charge is 0.374 e. The number of ether oxygens (including phenoxy) is 1. The minimum Gasteiger partial charge on any atom is -0.374 e. The standard InChI is InChI=1S/C19H31NO/c1-15(2)20-13-16-7-5-6-8-17(16)14-21-18-9-11-19(3,4)12-10-18/h5-8,15,18,20H,9-14H2,1-4H3. The van der Waals surface area contributed by atoms with Crippen molar-refractivity contribution in [3.63, 3.8) is 0 Å². The molecule has 2 rings (SSSR count). The smallest absolute Gasteiger partial charge is 0.0723 e. The highest BCUT2D eigenvalue weighted by Gasteiger charge is 2.27. The second-order valence-electron chi connectivity index (χ2n) is 7.48. The molecular weight excluding hydrogens is 258 g/mol. The Morgan fingerprint density at radius 3 is 2.38 bits per heavy atom. The molecule has 0 bridgehead atoms. The van der Waals surface area contributed by atoms with Crippen LogP contribution in [0, 0.1) is 5.41 Å². The molecule has 0 amide bonds. The molecule has 0 unspecified atom stereocenters. The number of hydrogen-bond acceptors (Lipinski definition) is 2. The Labute approximate surface area is 130 Å². The Balaban J connectivity index is 1.85. The molecule has 0 saturated heterocycles. The second kappa shape index (κ2) is 7.42. The fraction of sp³-hybridized carbons (Fsp3) is 0.684. The van der Waals surface area contributed by atoms with Crippen molar-refractivity contribution >= 4 is 0 Å². The van der Waals surface area contributed by atoms with Gasteiger partial charge in [-0.25, -0.2) is 0 Å². The molecule has 1 saturated carbocycles. The molecule has 0 aliphatic heterocycles. The monoisotopic (exact) mass is 289 g/mol. The fourth-order valence-electron chi connectivity index (χ4n) is 2.93. The van der Waals surface area contributed by atoms with Crippen molar-refractivity contribution in [1.82, 2.24) is 5.32 Å². The third-order valence-electron chi connectivity index (χ3n) is 4.58. The van der Waals surface area contributed by atoms with Gasteiger partial charge in [0.15, 0.2) is 0 Å². The van der Waals surface area contributed by atoms with E-state index in [1.54, 1.807) is 0 Å². The van der Waals surface area contributed by atoms with Crippen LogP contribution >= 0.6 is 0 Å². The van der Waals surface area contributed by atoms with E-state index in [4.69, 9.17) is 4.74 Å². The van der Waals surface area contributed by atoms with E-state index in [1.807, 2.05) is 0 Å². The molecule has 1 fully saturated rings. The molecule has 1 aromatic carbocycles. The predicted molar refractivity (Wildman–Crippen MR) is 89.2 cm³/mol. The lowest BCUT2D eigenvalue weighted by atomic mass is 9.76. The zero-order valence-electron chi connectivity index (χ0n) is 14.1. The van der Waals surface area contributed by atoms with Crippen molar-refractivity contribution in [3.05, 3.63) is 35.4 Å². The van der Waals surface area contributed by atoms with Crippen molar-refractivity contribution in [3.8, 4) is 0 Å². The molecule has 118 valence electrons. The summed E-state index contributed by atoms with van der Waals surface area (Å²) in [5.41, 5.74) is 3.21. The molecule has 0 heterocycles. The summed E-state index contributed by atoms with van der Waals surface area (Å²) in [6.45, 7) is 10.8. The SMILES string of the molecule is CC(C)NCc1ccccc1COC1CCC(C)(C)CC1. The molecule has 0 spiro atoms. The van der Waals surface area contributed by atoms with Crippen LogP contribution < -0.4 is 5.32 Å². The summed E-state index contributed by atoms with van der Waals surface area (Å²) in [7, 11) is 0. The fourth-order valence-corrected chi connectivity index (χ4v) is 2.93. The van der Waals surface area contributed by atoms with Gasteiger partial charge in [-0.15, -0.1) is 0 Å². The number of rotatable bonds is 6. The summed E-state index contributed by atoms with van der Waals surface area (Å²) in [4.78, 5) is 0. The lowest BCUT2D eigenvalue weighted by Gasteiger charge is -2.34. The Morgan fingerprint density at radius 1 is 1.14 bits per heavy atom. The average molecular weight is 289 g/mol. The normalized spacial score (nSPS) is 19.1. The van der Waals surface area contributed by atoms with Gasteiger partial charge in [-0.1, -0.05) is 52.0 Å². The summed E-state index contributed by atoms with van der Waals surface area (Å²) in [5.74, 6) is 0. The zero-order valence-corrected chi connectivity index (χ0v) is 14.1. The number of nitrogens with one attached hydrogen (secondary N) is 1. The minimum atomic E-state index is 0.448. The second-order valence-corrected chi connectivity index (χ2v) is 7.48. The third kappa shape index (κ3) is 5.44. The molecule has 0 aromatic heterocycles. The zero-order chi connectivity index (χ0) is 15.3. The van der Waals surface area contributed by atoms with Gasteiger partial charge in [0.05, 0.1) is 12.7 Å². The summed E-state index contributed by atoms with van der Waals surface area (Å²) >= 11 is 0. The predicted octanol–water partition coefficient (Wildman–Crippen LogP) is 4.67. The lowest BCUT2D eigenvalue weighted by Crippen LogP contribution is -2.26. The first kappa shape index (κ1) is 16.5. The van der Waals surface area contributed by atoms with Crippen LogP contribution in [0.1, 0.15) is 64.5 Å². The molecule has 1 N–H and O–H groups in total. The summed E-state index contributed by atoms with van der Waals surface area (Å²) in [6, 6.07) is 9.15. The molecule has 1 aliphatic carbocycles. The average Bonchev–Trinajstić information content (AvgIpc) is 2.45. The topological polar surface area (TPSA) is 21.3 Å². The molecule has 0 radical (unpaired) electrons. The van der Waals surface area contributed by atoms with E-state index in [0.717, 1.165) is 13.2 Å². The Bertz CT molecular complexity index is 429. The van der Waals surface area contributed by atoms with Crippen molar-refractivity contribution < 1.29 is 4.74 Å². The quantitative estimate of drug-likeness (QED) is 0.821. The van der Waals surface area contributed by atoms with E-state index in [9.17, 15) is 0 Å².